The van der Waals surface area contributed by atoms with Crippen LogP contribution in [0, 0.1) is 13.8 Å². The second-order valence-corrected chi connectivity index (χ2v) is 10.0. The molecule has 1 aromatic heterocycles. The van der Waals surface area contributed by atoms with Crippen molar-refractivity contribution in [3.8, 4) is 0 Å². The average Bonchev–Trinajstić information content (AvgIpc) is 3.11. The number of aryl methyl sites for hydroxylation is 2. The number of hydrogen-bond acceptors (Lipinski definition) is 4. The molecule has 0 saturated carbocycles. The second kappa shape index (κ2) is 9.56. The summed E-state index contributed by atoms with van der Waals surface area (Å²) >= 11 is 0. The molecule has 1 unspecified atom stereocenters. The van der Waals surface area contributed by atoms with E-state index in [9.17, 15) is 13.2 Å². The summed E-state index contributed by atoms with van der Waals surface area (Å²) in [6.07, 6.45) is 0. The fourth-order valence-corrected chi connectivity index (χ4v) is 5.37. The Hall–Kier alpha value is -3.13. The van der Waals surface area contributed by atoms with Crippen molar-refractivity contribution in [1.82, 2.24) is 15.5 Å². The molecule has 7 nitrogen and oxygen atoms in total. The Bertz CT molecular complexity index is 1150. The van der Waals surface area contributed by atoms with Crippen molar-refractivity contribution >= 4 is 21.6 Å². The summed E-state index contributed by atoms with van der Waals surface area (Å²) in [4.78, 5) is 13.0. The van der Waals surface area contributed by atoms with Gasteiger partial charge in [0.2, 0.25) is 5.91 Å². The van der Waals surface area contributed by atoms with Gasteiger partial charge in [0.15, 0.2) is 0 Å². The molecule has 0 radical (unpaired) electrons. The van der Waals surface area contributed by atoms with Crippen LogP contribution >= 0.6 is 0 Å². The van der Waals surface area contributed by atoms with Crippen molar-refractivity contribution in [2.24, 2.45) is 0 Å². The standard InChI is InChI=1S/C24H30N4O3S/c1-16(2)20-11-13-22(14-12-20)28(32(30,31)24-18(4)26-27-19(24)5)15-23(29)25-17(3)21-9-7-6-8-10-21/h6-14,16-17H,15H2,1-5H3,(H,25,29)(H,26,27). The summed E-state index contributed by atoms with van der Waals surface area (Å²) in [6, 6.07) is 16.5. The third kappa shape index (κ3) is 5.02. The number of aromatic nitrogens is 2. The second-order valence-electron chi connectivity index (χ2n) is 8.22. The maximum Gasteiger partial charge on any atom is 0.268 e. The summed E-state index contributed by atoms with van der Waals surface area (Å²) in [5, 5.41) is 9.66. The molecule has 8 heteroatoms. The van der Waals surface area contributed by atoms with Crippen LogP contribution in [0.25, 0.3) is 0 Å². The van der Waals surface area contributed by atoms with Crippen LogP contribution in [0.1, 0.15) is 55.2 Å². The Balaban J connectivity index is 1.94. The molecule has 0 saturated heterocycles. The lowest BCUT2D eigenvalue weighted by molar-refractivity contribution is -0.120. The highest BCUT2D eigenvalue weighted by Gasteiger charge is 2.32. The van der Waals surface area contributed by atoms with Crippen molar-refractivity contribution in [3.63, 3.8) is 0 Å². The molecule has 170 valence electrons. The van der Waals surface area contributed by atoms with E-state index >= 15 is 0 Å². The van der Waals surface area contributed by atoms with Gasteiger partial charge in [-0.05, 0) is 49.9 Å². The van der Waals surface area contributed by atoms with Crippen LogP contribution in [0.2, 0.25) is 0 Å². The molecule has 1 heterocycles. The maximum atomic E-state index is 13.6. The van der Waals surface area contributed by atoms with Crippen LogP contribution in [-0.2, 0) is 14.8 Å². The first-order valence-corrected chi connectivity index (χ1v) is 12.0. The van der Waals surface area contributed by atoms with Gasteiger partial charge in [-0.3, -0.25) is 14.2 Å². The minimum atomic E-state index is -4.02. The third-order valence-electron chi connectivity index (χ3n) is 5.42. The van der Waals surface area contributed by atoms with E-state index in [4.69, 9.17) is 0 Å². The Labute approximate surface area is 189 Å². The van der Waals surface area contributed by atoms with Crippen molar-refractivity contribution in [1.29, 1.82) is 0 Å². The van der Waals surface area contributed by atoms with E-state index in [1.54, 1.807) is 26.0 Å². The lowest BCUT2D eigenvalue weighted by atomic mass is 10.0. The number of sulfonamides is 1. The van der Waals surface area contributed by atoms with Crippen LogP contribution in [0.5, 0.6) is 0 Å². The Morgan fingerprint density at radius 1 is 1.00 bits per heavy atom. The number of hydrogen-bond donors (Lipinski definition) is 2. The molecule has 0 aliphatic heterocycles. The normalized spacial score (nSPS) is 12.6. The predicted molar refractivity (Wildman–Crippen MR) is 126 cm³/mol. The highest BCUT2D eigenvalue weighted by atomic mass is 32.2. The molecule has 32 heavy (non-hydrogen) atoms. The molecule has 0 aliphatic rings. The number of rotatable bonds is 8. The van der Waals surface area contributed by atoms with Crippen LogP contribution in [-0.4, -0.2) is 31.1 Å². The van der Waals surface area contributed by atoms with E-state index < -0.39 is 15.9 Å². The quantitative estimate of drug-likeness (QED) is 0.533. The molecule has 2 N–H and O–H groups in total. The first-order chi connectivity index (χ1) is 15.1. The summed E-state index contributed by atoms with van der Waals surface area (Å²) in [5.74, 6) is -0.0841. The Morgan fingerprint density at radius 2 is 1.62 bits per heavy atom. The van der Waals surface area contributed by atoms with Gasteiger partial charge in [-0.2, -0.15) is 5.10 Å². The fourth-order valence-electron chi connectivity index (χ4n) is 3.61. The zero-order valence-electron chi connectivity index (χ0n) is 19.1. The predicted octanol–water partition coefficient (Wildman–Crippen LogP) is 4.22. The van der Waals surface area contributed by atoms with E-state index in [2.05, 4.69) is 29.4 Å². The third-order valence-corrected chi connectivity index (χ3v) is 7.46. The lowest BCUT2D eigenvalue weighted by Gasteiger charge is -2.25. The van der Waals surface area contributed by atoms with Gasteiger partial charge in [0.25, 0.3) is 10.0 Å². The summed E-state index contributed by atoms with van der Waals surface area (Å²) in [7, 11) is -4.02. The molecular formula is C24H30N4O3S. The molecule has 3 rings (SSSR count). The van der Waals surface area contributed by atoms with E-state index in [0.717, 1.165) is 15.4 Å². The number of nitrogens with zero attached hydrogens (tertiary/aromatic N) is 2. The molecular weight excluding hydrogens is 424 g/mol. The van der Waals surface area contributed by atoms with Gasteiger partial charge in [0, 0.05) is 0 Å². The number of anilines is 1. The molecule has 1 atom stereocenters. The molecule has 3 aromatic rings. The highest BCUT2D eigenvalue weighted by Crippen LogP contribution is 2.28. The van der Waals surface area contributed by atoms with Crippen LogP contribution in [0.15, 0.2) is 59.5 Å². The number of carbonyl (C=O) groups excluding carboxylic acids is 1. The number of amides is 1. The largest absolute Gasteiger partial charge is 0.348 e. The van der Waals surface area contributed by atoms with Gasteiger partial charge in [-0.15, -0.1) is 0 Å². The Morgan fingerprint density at radius 3 is 2.16 bits per heavy atom. The first kappa shape index (κ1) is 23.5. The van der Waals surface area contributed by atoms with Gasteiger partial charge in [-0.25, -0.2) is 8.42 Å². The smallest absolute Gasteiger partial charge is 0.268 e. The monoisotopic (exact) mass is 454 g/mol. The number of nitrogens with one attached hydrogen (secondary N) is 2. The minimum Gasteiger partial charge on any atom is -0.348 e. The van der Waals surface area contributed by atoms with Gasteiger partial charge in [0.1, 0.15) is 11.4 Å². The number of H-pyrrole nitrogens is 1. The minimum absolute atomic E-state index is 0.0920. The molecule has 1 amide bonds. The molecule has 0 fully saturated rings. The number of aromatic amines is 1. The SMILES string of the molecule is Cc1n[nH]c(C)c1S(=O)(=O)N(CC(=O)NC(C)c1ccccc1)c1ccc(C(C)C)cc1. The first-order valence-electron chi connectivity index (χ1n) is 10.6. The topological polar surface area (TPSA) is 95.2 Å². The Kier molecular flexibility index (Phi) is 7.03. The van der Waals surface area contributed by atoms with E-state index in [1.807, 2.05) is 49.4 Å². The van der Waals surface area contributed by atoms with Crippen LogP contribution in [0.4, 0.5) is 5.69 Å². The molecule has 0 bridgehead atoms. The van der Waals surface area contributed by atoms with Crippen molar-refractivity contribution in [2.45, 2.75) is 51.5 Å². The van der Waals surface area contributed by atoms with Crippen molar-refractivity contribution < 1.29 is 13.2 Å². The van der Waals surface area contributed by atoms with Crippen LogP contribution < -0.4 is 9.62 Å². The molecule has 0 aliphatic carbocycles. The van der Waals surface area contributed by atoms with E-state index in [0.29, 0.717) is 23.0 Å². The van der Waals surface area contributed by atoms with E-state index in [-0.39, 0.29) is 17.5 Å². The zero-order chi connectivity index (χ0) is 23.5. The van der Waals surface area contributed by atoms with Gasteiger partial charge in [-0.1, -0.05) is 56.3 Å². The van der Waals surface area contributed by atoms with Crippen molar-refractivity contribution in [3.05, 3.63) is 77.1 Å². The fraction of sp³-hybridized carbons (Fsp3) is 0.333. The number of carbonyl (C=O) groups is 1. The van der Waals surface area contributed by atoms with Gasteiger partial charge < -0.3 is 5.32 Å². The molecule has 0 spiro atoms. The molecule has 2 aromatic carbocycles. The number of benzene rings is 2. The summed E-state index contributed by atoms with van der Waals surface area (Å²) < 4.78 is 28.4. The van der Waals surface area contributed by atoms with Gasteiger partial charge in [0.05, 0.1) is 23.1 Å². The summed E-state index contributed by atoms with van der Waals surface area (Å²) in [6.45, 7) is 8.96. The lowest BCUT2D eigenvalue weighted by Crippen LogP contribution is -2.41. The zero-order valence-corrected chi connectivity index (χ0v) is 19.9. The van der Waals surface area contributed by atoms with Crippen molar-refractivity contribution in [2.75, 3.05) is 10.8 Å². The van der Waals surface area contributed by atoms with E-state index in [1.165, 1.54) is 0 Å². The summed E-state index contributed by atoms with van der Waals surface area (Å²) in [5.41, 5.74) is 3.26. The van der Waals surface area contributed by atoms with Gasteiger partial charge >= 0.3 is 0 Å². The highest BCUT2D eigenvalue weighted by molar-refractivity contribution is 7.93. The maximum absolute atomic E-state index is 13.6. The van der Waals surface area contributed by atoms with Crippen LogP contribution in [0.3, 0.4) is 0 Å². The average molecular weight is 455 g/mol.